The van der Waals surface area contributed by atoms with Crippen LogP contribution in [0.5, 0.6) is 0 Å². The average molecular weight is 302 g/mol. The molecule has 0 radical (unpaired) electrons. The van der Waals surface area contributed by atoms with Crippen molar-refractivity contribution in [1.29, 1.82) is 0 Å². The van der Waals surface area contributed by atoms with Crippen LogP contribution in [0.25, 0.3) is 10.2 Å². The van der Waals surface area contributed by atoms with Gasteiger partial charge < -0.3 is 5.32 Å². The molecule has 1 aromatic heterocycles. The lowest BCUT2D eigenvalue weighted by molar-refractivity contribution is 0.384. The Morgan fingerprint density at radius 2 is 2.10 bits per heavy atom. The summed E-state index contributed by atoms with van der Waals surface area (Å²) in [5.41, 5.74) is 1.17. The third-order valence-corrected chi connectivity index (χ3v) is 5.58. The fourth-order valence-electron chi connectivity index (χ4n) is 3.44. The fourth-order valence-corrected chi connectivity index (χ4v) is 4.52. The molecule has 21 heavy (non-hydrogen) atoms. The molecule has 2 nitrogen and oxygen atoms in total. The number of thiazole rings is 1. The Labute approximate surface area is 132 Å². The number of rotatable bonds is 5. The molecule has 2 aromatic rings. The zero-order chi connectivity index (χ0) is 14.5. The lowest BCUT2D eigenvalue weighted by Crippen LogP contribution is -2.31. The van der Waals surface area contributed by atoms with E-state index in [-0.39, 0.29) is 0 Å². The lowest BCUT2D eigenvalue weighted by Gasteiger charge is -2.20. The Kier molecular flexibility index (Phi) is 5.26. The van der Waals surface area contributed by atoms with E-state index in [0.29, 0.717) is 0 Å². The van der Waals surface area contributed by atoms with Gasteiger partial charge in [0, 0.05) is 12.5 Å². The van der Waals surface area contributed by atoms with E-state index >= 15 is 0 Å². The summed E-state index contributed by atoms with van der Waals surface area (Å²) < 4.78 is 1.33. The van der Waals surface area contributed by atoms with Crippen molar-refractivity contribution in [2.24, 2.45) is 5.92 Å². The summed E-state index contributed by atoms with van der Waals surface area (Å²) >= 11 is 1.89. The summed E-state index contributed by atoms with van der Waals surface area (Å²) in [5, 5.41) is 5.07. The first-order valence-electron chi connectivity index (χ1n) is 8.43. The topological polar surface area (TPSA) is 24.9 Å². The highest BCUT2D eigenvalue weighted by atomic mass is 32.1. The van der Waals surface area contributed by atoms with E-state index in [0.717, 1.165) is 12.0 Å². The van der Waals surface area contributed by atoms with Gasteiger partial charge in [0.15, 0.2) is 0 Å². The van der Waals surface area contributed by atoms with Crippen LogP contribution in [0, 0.1) is 5.92 Å². The summed E-state index contributed by atoms with van der Waals surface area (Å²) in [4.78, 5) is 4.82. The molecular weight excluding hydrogens is 276 g/mol. The van der Waals surface area contributed by atoms with E-state index in [9.17, 15) is 0 Å². The van der Waals surface area contributed by atoms with Gasteiger partial charge in [0.25, 0.3) is 0 Å². The molecule has 0 bridgehead atoms. The SMILES string of the molecule is CCCNC1CCCCC(Cc2nc3ccccc3s2)C1. The van der Waals surface area contributed by atoms with Crippen molar-refractivity contribution in [2.45, 2.75) is 57.9 Å². The van der Waals surface area contributed by atoms with Gasteiger partial charge in [-0.1, -0.05) is 31.9 Å². The van der Waals surface area contributed by atoms with Crippen LogP contribution in [0.3, 0.4) is 0 Å². The summed E-state index contributed by atoms with van der Waals surface area (Å²) in [5.74, 6) is 0.808. The predicted molar refractivity (Wildman–Crippen MR) is 92.0 cm³/mol. The van der Waals surface area contributed by atoms with E-state index < -0.39 is 0 Å². The highest BCUT2D eigenvalue weighted by Crippen LogP contribution is 2.29. The molecule has 3 rings (SSSR count). The smallest absolute Gasteiger partial charge is 0.0941 e. The second-order valence-corrected chi connectivity index (χ2v) is 7.43. The van der Waals surface area contributed by atoms with Crippen LogP contribution in [0.15, 0.2) is 24.3 Å². The second-order valence-electron chi connectivity index (χ2n) is 6.32. The van der Waals surface area contributed by atoms with E-state index in [4.69, 9.17) is 4.98 Å². The maximum atomic E-state index is 4.82. The van der Waals surface area contributed by atoms with Crippen molar-refractivity contribution in [3.8, 4) is 0 Å². The third kappa shape index (κ3) is 4.04. The molecule has 2 atom stereocenters. The van der Waals surface area contributed by atoms with Crippen LogP contribution < -0.4 is 5.32 Å². The summed E-state index contributed by atoms with van der Waals surface area (Å²) in [7, 11) is 0. The van der Waals surface area contributed by atoms with E-state index in [2.05, 4.69) is 36.5 Å². The van der Waals surface area contributed by atoms with E-state index in [1.54, 1.807) is 0 Å². The minimum absolute atomic E-state index is 0.729. The third-order valence-electron chi connectivity index (χ3n) is 4.52. The number of hydrogen-bond acceptors (Lipinski definition) is 3. The Bertz CT molecular complexity index is 530. The van der Waals surface area contributed by atoms with Crippen molar-refractivity contribution in [2.75, 3.05) is 6.54 Å². The molecule has 2 unspecified atom stereocenters. The van der Waals surface area contributed by atoms with Gasteiger partial charge in [-0.25, -0.2) is 4.98 Å². The Morgan fingerprint density at radius 1 is 1.24 bits per heavy atom. The number of para-hydroxylation sites is 1. The number of nitrogens with zero attached hydrogens (tertiary/aromatic N) is 1. The number of hydrogen-bond donors (Lipinski definition) is 1. The van der Waals surface area contributed by atoms with Gasteiger partial charge in [0.05, 0.1) is 15.2 Å². The van der Waals surface area contributed by atoms with Gasteiger partial charge in [0.1, 0.15) is 0 Å². The standard InChI is InChI=1S/C18H26N2S/c1-2-11-19-15-8-4-3-7-14(12-15)13-18-20-16-9-5-6-10-17(16)21-18/h5-6,9-10,14-15,19H,2-4,7-8,11-13H2,1H3. The highest BCUT2D eigenvalue weighted by Gasteiger charge is 2.21. The molecule has 1 heterocycles. The minimum Gasteiger partial charge on any atom is -0.314 e. The van der Waals surface area contributed by atoms with Crippen LogP contribution >= 0.6 is 11.3 Å². The molecule has 0 amide bonds. The highest BCUT2D eigenvalue weighted by molar-refractivity contribution is 7.18. The van der Waals surface area contributed by atoms with Crippen LogP contribution in [0.1, 0.15) is 50.5 Å². The molecule has 0 aliphatic heterocycles. The molecule has 1 saturated carbocycles. The summed E-state index contributed by atoms with van der Waals surface area (Å²) in [6.45, 7) is 3.42. The molecule has 1 fully saturated rings. The molecule has 0 spiro atoms. The first-order valence-corrected chi connectivity index (χ1v) is 9.24. The van der Waals surface area contributed by atoms with Gasteiger partial charge in [-0.2, -0.15) is 0 Å². The zero-order valence-corrected chi connectivity index (χ0v) is 13.8. The number of benzene rings is 1. The lowest BCUT2D eigenvalue weighted by atomic mass is 9.95. The first-order chi connectivity index (χ1) is 10.3. The van der Waals surface area contributed by atoms with Crippen molar-refractivity contribution < 1.29 is 0 Å². The van der Waals surface area contributed by atoms with Gasteiger partial charge >= 0.3 is 0 Å². The van der Waals surface area contributed by atoms with Crippen LogP contribution in [0.4, 0.5) is 0 Å². The van der Waals surface area contributed by atoms with E-state index in [1.165, 1.54) is 66.7 Å². The average Bonchev–Trinajstić information content (AvgIpc) is 2.77. The summed E-state index contributed by atoms with van der Waals surface area (Å²) in [6, 6.07) is 9.25. The minimum atomic E-state index is 0.729. The molecule has 3 heteroatoms. The number of aromatic nitrogens is 1. The first kappa shape index (κ1) is 15.0. The maximum absolute atomic E-state index is 4.82. The zero-order valence-electron chi connectivity index (χ0n) is 13.0. The number of nitrogens with one attached hydrogen (secondary N) is 1. The van der Waals surface area contributed by atoms with Gasteiger partial charge in [-0.05, 0) is 50.3 Å². The summed E-state index contributed by atoms with van der Waals surface area (Å²) in [6.07, 6.45) is 9.24. The Balaban J connectivity index is 1.64. The fraction of sp³-hybridized carbons (Fsp3) is 0.611. The molecule has 0 saturated heterocycles. The molecule has 1 aliphatic rings. The second kappa shape index (κ2) is 7.37. The molecule has 1 aromatic carbocycles. The van der Waals surface area contributed by atoms with Crippen molar-refractivity contribution in [1.82, 2.24) is 10.3 Å². The molecule has 1 aliphatic carbocycles. The van der Waals surface area contributed by atoms with Crippen molar-refractivity contribution >= 4 is 21.6 Å². The van der Waals surface area contributed by atoms with Crippen LogP contribution in [0.2, 0.25) is 0 Å². The molecule has 114 valence electrons. The van der Waals surface area contributed by atoms with Crippen LogP contribution in [-0.2, 0) is 6.42 Å². The Morgan fingerprint density at radius 3 is 2.95 bits per heavy atom. The quantitative estimate of drug-likeness (QED) is 0.803. The normalized spacial score (nSPS) is 23.3. The van der Waals surface area contributed by atoms with Gasteiger partial charge in [-0.3, -0.25) is 0 Å². The van der Waals surface area contributed by atoms with Crippen molar-refractivity contribution in [3.63, 3.8) is 0 Å². The van der Waals surface area contributed by atoms with Crippen LogP contribution in [-0.4, -0.2) is 17.6 Å². The molecule has 1 N–H and O–H groups in total. The van der Waals surface area contributed by atoms with E-state index in [1.807, 2.05) is 11.3 Å². The van der Waals surface area contributed by atoms with Gasteiger partial charge in [-0.15, -0.1) is 11.3 Å². The number of fused-ring (bicyclic) bond motifs is 1. The largest absolute Gasteiger partial charge is 0.314 e. The van der Waals surface area contributed by atoms with Gasteiger partial charge in [0.2, 0.25) is 0 Å². The molecular formula is C18H26N2S. The maximum Gasteiger partial charge on any atom is 0.0941 e. The predicted octanol–water partition coefficient (Wildman–Crippen LogP) is 4.79. The monoisotopic (exact) mass is 302 g/mol. The van der Waals surface area contributed by atoms with Crippen molar-refractivity contribution in [3.05, 3.63) is 29.3 Å². The Hall–Kier alpha value is -0.930.